The van der Waals surface area contributed by atoms with Crippen molar-refractivity contribution < 1.29 is 31.9 Å². The number of hydrogen-bond acceptors (Lipinski definition) is 5. The largest absolute Gasteiger partial charge is 0.434 e. The van der Waals surface area contributed by atoms with Gasteiger partial charge in [0.2, 0.25) is 0 Å². The fourth-order valence-electron chi connectivity index (χ4n) is 6.20. The van der Waals surface area contributed by atoms with E-state index in [1.807, 2.05) is 0 Å². The molecule has 4 aromatic rings. The molecule has 2 bridgehead atoms. The third kappa shape index (κ3) is 3.09. The Bertz CT molecular complexity index is 1770. The molecule has 0 spiro atoms. The lowest BCUT2D eigenvalue weighted by atomic mass is 9.97. The van der Waals surface area contributed by atoms with Crippen LogP contribution in [0.4, 0.5) is 13.2 Å². The van der Waals surface area contributed by atoms with Gasteiger partial charge in [-0.25, -0.2) is 9.37 Å². The molecule has 38 heavy (non-hydrogen) atoms. The molecule has 7 nitrogen and oxygen atoms in total. The van der Waals surface area contributed by atoms with E-state index in [2.05, 4.69) is 9.97 Å². The van der Waals surface area contributed by atoms with Gasteiger partial charge < -0.3 is 19.3 Å². The van der Waals surface area contributed by atoms with Crippen LogP contribution in [-0.4, -0.2) is 44.0 Å². The number of ether oxygens (including phenoxy) is 1. The van der Waals surface area contributed by atoms with Crippen molar-refractivity contribution in [3.05, 3.63) is 76.6 Å². The molecule has 10 heteroatoms. The Morgan fingerprint density at radius 1 is 1.24 bits per heavy atom. The molecule has 1 N–H and O–H groups in total. The first-order valence-corrected chi connectivity index (χ1v) is 12.2. The maximum absolute atomic E-state index is 16.5. The molecule has 4 heterocycles. The predicted octanol–water partition coefficient (Wildman–Crippen LogP) is 5.11. The highest BCUT2D eigenvalue weighted by molar-refractivity contribution is 5.98. The molecule has 2 aromatic carbocycles. The zero-order chi connectivity index (χ0) is 29.0. The summed E-state index contributed by atoms with van der Waals surface area (Å²) in [5.41, 5.74) is 1.22. The summed E-state index contributed by atoms with van der Waals surface area (Å²) in [5.74, 6) is -1.67. The Labute approximate surface area is 219 Å². The Morgan fingerprint density at radius 3 is 2.87 bits per heavy atom. The molecular weight excluding hydrogens is 497 g/mol. The molecule has 1 amide bonds. The van der Waals surface area contributed by atoms with Crippen molar-refractivity contribution in [3.63, 3.8) is 0 Å². The number of hydrogen-bond donors (Lipinski definition) is 1. The fraction of sp³-hybridized carbons (Fsp3) is 0.321. The molecule has 7 rings (SSSR count). The second kappa shape index (κ2) is 7.80. The smallest absolute Gasteiger partial charge is 0.387 e. The Kier molecular flexibility index (Phi) is 4.12. The normalized spacial score (nSPS) is 25.1. The summed E-state index contributed by atoms with van der Waals surface area (Å²) < 4.78 is 74.0. The third-order valence-electron chi connectivity index (χ3n) is 7.92. The van der Waals surface area contributed by atoms with Crippen LogP contribution in [0.15, 0.2) is 42.6 Å². The number of rotatable bonds is 3. The minimum Gasteiger partial charge on any atom is -0.434 e. The van der Waals surface area contributed by atoms with Gasteiger partial charge in [-0.15, -0.1) is 0 Å². The molecule has 194 valence electrons. The van der Waals surface area contributed by atoms with Crippen LogP contribution in [0.1, 0.15) is 69.0 Å². The van der Waals surface area contributed by atoms with Gasteiger partial charge in [0.25, 0.3) is 5.91 Å². The number of pyridine rings is 1. The van der Waals surface area contributed by atoms with Gasteiger partial charge in [-0.2, -0.15) is 8.78 Å². The van der Waals surface area contributed by atoms with Gasteiger partial charge in [0, 0.05) is 46.0 Å². The quantitative estimate of drug-likeness (QED) is 0.404. The average molecular weight is 524 g/mol. The van der Waals surface area contributed by atoms with Crippen LogP contribution in [0, 0.1) is 5.82 Å². The van der Waals surface area contributed by atoms with E-state index in [4.69, 9.17) is 8.85 Å². The molecule has 0 saturated carbocycles. The van der Waals surface area contributed by atoms with Crippen molar-refractivity contribution in [1.29, 1.82) is 0 Å². The van der Waals surface area contributed by atoms with Gasteiger partial charge >= 0.3 is 6.61 Å². The van der Waals surface area contributed by atoms with Crippen molar-refractivity contribution in [2.24, 2.45) is 0 Å². The zero-order valence-electron chi connectivity index (χ0n) is 23.1. The molecule has 3 atom stereocenters. The predicted molar refractivity (Wildman–Crippen MR) is 131 cm³/mol. The van der Waals surface area contributed by atoms with Crippen molar-refractivity contribution in [2.45, 2.75) is 50.5 Å². The molecule has 0 fully saturated rings. The van der Waals surface area contributed by atoms with E-state index in [0.717, 1.165) is 10.5 Å². The highest BCUT2D eigenvalue weighted by Gasteiger charge is 2.45. The summed E-state index contributed by atoms with van der Waals surface area (Å²) in [7, 11) is 0. The summed E-state index contributed by atoms with van der Waals surface area (Å²) in [4.78, 5) is 23.3. The lowest BCUT2D eigenvalue weighted by Gasteiger charge is -2.24. The third-order valence-corrected chi connectivity index (χ3v) is 7.92. The molecule has 0 radical (unpaired) electrons. The summed E-state index contributed by atoms with van der Waals surface area (Å²) in [5, 5.41) is 10.6. The van der Waals surface area contributed by atoms with E-state index in [1.165, 1.54) is 29.0 Å². The van der Waals surface area contributed by atoms with E-state index in [9.17, 15) is 18.7 Å². The monoisotopic (exact) mass is 523 g/mol. The van der Waals surface area contributed by atoms with Gasteiger partial charge in [0.05, 0.1) is 23.3 Å². The van der Waals surface area contributed by atoms with E-state index in [0.29, 0.717) is 24.1 Å². The first-order chi connectivity index (χ1) is 19.4. The second-order valence-corrected chi connectivity index (χ2v) is 10.2. The van der Waals surface area contributed by atoms with Gasteiger partial charge in [-0.05, 0) is 55.7 Å². The fourth-order valence-corrected chi connectivity index (χ4v) is 6.20. The number of benzene rings is 2. The van der Waals surface area contributed by atoms with Crippen molar-refractivity contribution in [3.8, 4) is 16.9 Å². The summed E-state index contributed by atoms with van der Waals surface area (Å²) in [6.45, 7) is -4.40. The van der Waals surface area contributed by atoms with Crippen LogP contribution in [0.3, 0.4) is 0 Å². The number of aliphatic hydroxyl groups is 1. The first-order valence-electron chi connectivity index (χ1n) is 13.7. The highest BCUT2D eigenvalue weighted by Crippen LogP contribution is 2.50. The molecule has 2 aliphatic heterocycles. The maximum Gasteiger partial charge on any atom is 0.387 e. The zero-order valence-corrected chi connectivity index (χ0v) is 20.1. The minimum atomic E-state index is -3.20. The number of halogens is 3. The maximum atomic E-state index is 16.5. The number of amides is 1. The number of carbonyl (C=O) groups excluding carboxylic acids is 1. The van der Waals surface area contributed by atoms with Crippen molar-refractivity contribution in [1.82, 2.24) is 19.4 Å². The topological polar surface area (TPSA) is 80.5 Å². The Hall–Kier alpha value is -3.92. The summed E-state index contributed by atoms with van der Waals surface area (Å²) >= 11 is 0. The number of imidazole rings is 1. The number of fused-ring (bicyclic) bond motifs is 10. The van der Waals surface area contributed by atoms with Crippen LogP contribution in [0.25, 0.3) is 22.2 Å². The average Bonchev–Trinajstić information content (AvgIpc) is 3.50. The number of alkyl halides is 2. The van der Waals surface area contributed by atoms with Crippen LogP contribution in [0.5, 0.6) is 5.75 Å². The van der Waals surface area contributed by atoms with Crippen LogP contribution >= 0.6 is 0 Å². The second-order valence-electron chi connectivity index (χ2n) is 10.2. The van der Waals surface area contributed by atoms with Crippen molar-refractivity contribution >= 4 is 16.9 Å². The number of carbonyl (C=O) groups is 1. The van der Waals surface area contributed by atoms with Crippen LogP contribution in [-0.2, 0) is 12.0 Å². The van der Waals surface area contributed by atoms with Gasteiger partial charge in [-0.3, -0.25) is 9.78 Å². The van der Waals surface area contributed by atoms with Gasteiger partial charge in [0.1, 0.15) is 22.7 Å². The van der Waals surface area contributed by atoms with Gasteiger partial charge in [-0.1, -0.05) is 6.07 Å². The first kappa shape index (κ1) is 20.1. The molecule has 2 aromatic heterocycles. The lowest BCUT2D eigenvalue weighted by molar-refractivity contribution is -0.0507. The van der Waals surface area contributed by atoms with Crippen molar-refractivity contribution in [2.75, 3.05) is 6.98 Å². The molecule has 0 unspecified atom stereocenters. The van der Waals surface area contributed by atoms with Gasteiger partial charge in [0.15, 0.2) is 5.82 Å². The lowest BCUT2D eigenvalue weighted by Crippen LogP contribution is -2.30. The minimum absolute atomic E-state index is 0.0157. The van der Waals surface area contributed by atoms with Crippen LogP contribution in [0.2, 0.25) is 0 Å². The summed E-state index contributed by atoms with van der Waals surface area (Å²) in [6, 6.07) is 6.95. The number of nitrogens with zero attached hydrogens (tertiary/aromatic N) is 4. The van der Waals surface area contributed by atoms with E-state index >= 15 is 4.39 Å². The number of aromatic nitrogens is 3. The molecule has 3 aliphatic rings. The molecular formula is C28H23F3N4O3. The molecule has 0 saturated heterocycles. The standard InChI is InChI=1S/C28H23F3N4O3/c1-28(37)9-8-13-10-14(12-32-24(13)28)15-6-7-17-23(22(15)29)35-18-11-19(25(35)33-17)34(2)26(36)16-4-3-5-20(21(16)18)38-27(30)31/h3-7,10,12,18-19,27,37H,8-9,11H2,1-2H3/t18-,19-,28+/m1/s1/i2D3. The SMILES string of the molecule is [2H]C([2H])([2H])N1C(=O)c2cccc(OC(F)F)c2[C@H]2C[C@@H]1c1nc3ccc(-c4cnc5c(c4)CC[C@]5(C)O)c(F)c3n12. The van der Waals surface area contributed by atoms with E-state index in [-0.39, 0.29) is 45.7 Å². The summed E-state index contributed by atoms with van der Waals surface area (Å²) in [6.07, 6.45) is 2.56. The Morgan fingerprint density at radius 2 is 2.08 bits per heavy atom. The van der Waals surface area contributed by atoms with E-state index < -0.39 is 43.0 Å². The van der Waals surface area contributed by atoms with Crippen LogP contribution < -0.4 is 4.74 Å². The molecule has 1 aliphatic carbocycles. The van der Waals surface area contributed by atoms with E-state index in [1.54, 1.807) is 25.1 Å². The highest BCUT2D eigenvalue weighted by atomic mass is 19.3. The Balaban J connectivity index is 1.47. The number of aryl methyl sites for hydroxylation is 1.